The minimum absolute atomic E-state index is 0.243. The number of carbonyl (C=O) groups is 1. The van der Waals surface area contributed by atoms with E-state index in [0.717, 1.165) is 5.69 Å². The number of methoxy groups -OCH3 is 2. The van der Waals surface area contributed by atoms with Crippen LogP contribution in [0.1, 0.15) is 16.1 Å². The second kappa shape index (κ2) is 8.85. The number of carbonyl (C=O) groups excluding carboxylic acids is 1. The van der Waals surface area contributed by atoms with Crippen LogP contribution in [0, 0.1) is 6.92 Å². The van der Waals surface area contributed by atoms with E-state index < -0.39 is 0 Å². The highest BCUT2D eigenvalue weighted by Crippen LogP contribution is 2.30. The van der Waals surface area contributed by atoms with Gasteiger partial charge in [0, 0.05) is 19.3 Å². The van der Waals surface area contributed by atoms with Gasteiger partial charge in [-0.1, -0.05) is 6.07 Å². The molecule has 3 rings (SSSR count). The predicted molar refractivity (Wildman–Crippen MR) is 104 cm³/mol. The molecule has 9 nitrogen and oxygen atoms in total. The fraction of sp³-hybridized carbons (Fsp3) is 0.263. The Morgan fingerprint density at radius 2 is 1.93 bits per heavy atom. The van der Waals surface area contributed by atoms with Gasteiger partial charge in [0.15, 0.2) is 17.3 Å². The van der Waals surface area contributed by atoms with Crippen molar-refractivity contribution in [2.45, 2.75) is 6.92 Å². The van der Waals surface area contributed by atoms with Gasteiger partial charge < -0.3 is 20.1 Å². The molecular formula is C19H22N6O3. The number of amides is 1. The molecule has 2 N–H and O–H groups in total. The summed E-state index contributed by atoms with van der Waals surface area (Å²) in [5, 5.41) is 18.5. The molecule has 146 valence electrons. The van der Waals surface area contributed by atoms with Crippen LogP contribution in [0.2, 0.25) is 0 Å². The number of benzene rings is 1. The summed E-state index contributed by atoms with van der Waals surface area (Å²) >= 11 is 0. The van der Waals surface area contributed by atoms with Crippen molar-refractivity contribution in [1.29, 1.82) is 0 Å². The largest absolute Gasteiger partial charge is 0.493 e. The number of para-hydroxylation sites is 1. The first kappa shape index (κ1) is 19.2. The lowest BCUT2D eigenvalue weighted by Crippen LogP contribution is -2.29. The van der Waals surface area contributed by atoms with E-state index in [-0.39, 0.29) is 5.91 Å². The Morgan fingerprint density at radius 1 is 1.07 bits per heavy atom. The quantitative estimate of drug-likeness (QED) is 0.573. The first-order valence-electron chi connectivity index (χ1n) is 8.72. The number of hydrogen-bond donors (Lipinski definition) is 2. The molecule has 28 heavy (non-hydrogen) atoms. The number of hydrogen-bond acceptors (Lipinski definition) is 7. The molecule has 0 aliphatic rings. The van der Waals surface area contributed by atoms with Gasteiger partial charge in [-0.05, 0) is 37.3 Å². The molecule has 2 aromatic heterocycles. The number of rotatable bonds is 8. The third-order valence-corrected chi connectivity index (χ3v) is 3.97. The van der Waals surface area contributed by atoms with Gasteiger partial charge >= 0.3 is 0 Å². The monoisotopic (exact) mass is 382 g/mol. The summed E-state index contributed by atoms with van der Waals surface area (Å²) in [7, 11) is 3.03. The average Bonchev–Trinajstić information content (AvgIpc) is 3.17. The second-order valence-corrected chi connectivity index (χ2v) is 5.90. The molecule has 0 unspecified atom stereocenters. The van der Waals surface area contributed by atoms with Crippen molar-refractivity contribution < 1.29 is 14.3 Å². The smallest absolute Gasteiger partial charge is 0.255 e. The van der Waals surface area contributed by atoms with Crippen LogP contribution in [0.3, 0.4) is 0 Å². The summed E-state index contributed by atoms with van der Waals surface area (Å²) in [5.74, 6) is 1.92. The normalized spacial score (nSPS) is 10.4. The van der Waals surface area contributed by atoms with E-state index in [0.29, 0.717) is 41.8 Å². The highest BCUT2D eigenvalue weighted by Gasteiger charge is 2.15. The maximum Gasteiger partial charge on any atom is 0.255 e. The third kappa shape index (κ3) is 4.37. The van der Waals surface area contributed by atoms with Gasteiger partial charge in [-0.2, -0.15) is 5.10 Å². The highest BCUT2D eigenvalue weighted by atomic mass is 16.5. The van der Waals surface area contributed by atoms with E-state index in [1.807, 2.05) is 31.3 Å². The summed E-state index contributed by atoms with van der Waals surface area (Å²) in [4.78, 5) is 12.4. The standard InChI is InChI=1S/C19H22N6O3/c1-13-9-12-25(24-13)17-8-7-16(22-23-17)20-10-11-21-19(26)14-5-4-6-15(27-2)18(14)28-3/h4-9,12H,10-11H2,1-3H3,(H,20,22)(H,21,26). The Kier molecular flexibility index (Phi) is 6.05. The van der Waals surface area contributed by atoms with Gasteiger partial charge in [0.25, 0.3) is 5.91 Å². The van der Waals surface area contributed by atoms with Crippen molar-refractivity contribution in [2.24, 2.45) is 0 Å². The number of anilines is 1. The highest BCUT2D eigenvalue weighted by molar-refractivity contribution is 5.97. The molecule has 0 fully saturated rings. The van der Waals surface area contributed by atoms with Crippen molar-refractivity contribution in [3.05, 3.63) is 53.9 Å². The van der Waals surface area contributed by atoms with Crippen LogP contribution in [-0.4, -0.2) is 53.2 Å². The minimum atomic E-state index is -0.243. The Bertz CT molecular complexity index is 939. The van der Waals surface area contributed by atoms with Gasteiger partial charge in [0.05, 0.1) is 25.5 Å². The SMILES string of the molecule is COc1cccc(C(=O)NCCNc2ccc(-n3ccc(C)n3)nn2)c1OC. The lowest BCUT2D eigenvalue weighted by atomic mass is 10.1. The third-order valence-electron chi connectivity index (χ3n) is 3.97. The number of aromatic nitrogens is 4. The molecule has 1 amide bonds. The van der Waals surface area contributed by atoms with Gasteiger partial charge in [-0.15, -0.1) is 10.2 Å². The lowest BCUT2D eigenvalue weighted by molar-refractivity contribution is 0.0951. The molecular weight excluding hydrogens is 360 g/mol. The maximum atomic E-state index is 12.4. The zero-order chi connectivity index (χ0) is 19.9. The van der Waals surface area contributed by atoms with Gasteiger partial charge in [-0.25, -0.2) is 4.68 Å². The molecule has 0 saturated carbocycles. The molecule has 0 radical (unpaired) electrons. The summed E-state index contributed by atoms with van der Waals surface area (Å²) in [6, 6.07) is 10.7. The van der Waals surface area contributed by atoms with Crippen molar-refractivity contribution >= 4 is 11.7 Å². The molecule has 3 aromatic rings. The van der Waals surface area contributed by atoms with Crippen molar-refractivity contribution in [2.75, 3.05) is 32.6 Å². The van der Waals surface area contributed by atoms with E-state index in [2.05, 4.69) is 25.9 Å². The first-order chi connectivity index (χ1) is 13.6. The summed E-state index contributed by atoms with van der Waals surface area (Å²) in [5.41, 5.74) is 1.33. The van der Waals surface area contributed by atoms with Crippen LogP contribution >= 0.6 is 0 Å². The van der Waals surface area contributed by atoms with Crippen LogP contribution in [0.4, 0.5) is 5.82 Å². The summed E-state index contributed by atoms with van der Waals surface area (Å²) in [6.45, 7) is 2.81. The summed E-state index contributed by atoms with van der Waals surface area (Å²) in [6.07, 6.45) is 1.83. The fourth-order valence-electron chi connectivity index (χ4n) is 2.61. The van der Waals surface area contributed by atoms with Gasteiger partial charge in [-0.3, -0.25) is 4.79 Å². The van der Waals surface area contributed by atoms with Crippen LogP contribution in [0.15, 0.2) is 42.6 Å². The van der Waals surface area contributed by atoms with Crippen LogP contribution < -0.4 is 20.1 Å². The topological polar surface area (TPSA) is 103 Å². The van der Waals surface area contributed by atoms with Crippen molar-refractivity contribution in [1.82, 2.24) is 25.3 Å². The molecule has 0 aliphatic carbocycles. The Labute approximate surface area is 162 Å². The molecule has 1 aromatic carbocycles. The Hall–Kier alpha value is -3.62. The summed E-state index contributed by atoms with van der Waals surface area (Å²) < 4.78 is 12.2. The average molecular weight is 382 g/mol. The number of nitrogens with zero attached hydrogens (tertiary/aromatic N) is 4. The molecule has 0 atom stereocenters. The van der Waals surface area contributed by atoms with Crippen molar-refractivity contribution in [3.8, 4) is 17.3 Å². The molecule has 2 heterocycles. The van der Waals surface area contributed by atoms with E-state index in [4.69, 9.17) is 9.47 Å². The van der Waals surface area contributed by atoms with E-state index in [9.17, 15) is 4.79 Å². The first-order valence-corrected chi connectivity index (χ1v) is 8.72. The Morgan fingerprint density at radius 3 is 2.57 bits per heavy atom. The lowest BCUT2D eigenvalue weighted by Gasteiger charge is -2.12. The molecule has 0 bridgehead atoms. The van der Waals surface area contributed by atoms with Crippen LogP contribution in [-0.2, 0) is 0 Å². The van der Waals surface area contributed by atoms with Gasteiger partial charge in [0.2, 0.25) is 0 Å². The zero-order valence-corrected chi connectivity index (χ0v) is 16.0. The van der Waals surface area contributed by atoms with Crippen LogP contribution in [0.25, 0.3) is 5.82 Å². The van der Waals surface area contributed by atoms with E-state index >= 15 is 0 Å². The van der Waals surface area contributed by atoms with E-state index in [1.165, 1.54) is 14.2 Å². The van der Waals surface area contributed by atoms with Crippen molar-refractivity contribution in [3.63, 3.8) is 0 Å². The minimum Gasteiger partial charge on any atom is -0.493 e. The van der Waals surface area contributed by atoms with Crippen LogP contribution in [0.5, 0.6) is 11.5 Å². The molecule has 0 spiro atoms. The predicted octanol–water partition coefficient (Wildman–Crippen LogP) is 1.83. The Balaban J connectivity index is 1.51. The number of nitrogens with one attached hydrogen (secondary N) is 2. The zero-order valence-electron chi connectivity index (χ0n) is 16.0. The number of ether oxygens (including phenoxy) is 2. The van der Waals surface area contributed by atoms with E-state index in [1.54, 1.807) is 22.9 Å². The van der Waals surface area contributed by atoms with Gasteiger partial charge in [0.1, 0.15) is 5.82 Å². The molecule has 0 aliphatic heterocycles. The second-order valence-electron chi connectivity index (χ2n) is 5.90. The fourth-order valence-corrected chi connectivity index (χ4v) is 2.61. The maximum absolute atomic E-state index is 12.4. The molecule has 9 heteroatoms. The number of aryl methyl sites for hydroxylation is 1. The molecule has 0 saturated heterocycles.